The predicted octanol–water partition coefficient (Wildman–Crippen LogP) is -0.753. The van der Waals surface area contributed by atoms with Crippen LogP contribution in [0.4, 0.5) is 0 Å². The molecule has 2 heterocycles. The van der Waals surface area contributed by atoms with E-state index in [1.165, 1.54) is 4.31 Å². The van der Waals surface area contributed by atoms with Gasteiger partial charge in [-0.15, -0.1) is 0 Å². The Bertz CT molecular complexity index is 462. The maximum atomic E-state index is 12.3. The number of nitrogens with zero attached hydrogens (tertiary/aromatic N) is 2. The zero-order chi connectivity index (χ0) is 15.5. The highest BCUT2D eigenvalue weighted by molar-refractivity contribution is 7.88. The maximum Gasteiger partial charge on any atom is 0.238 e. The van der Waals surface area contributed by atoms with E-state index in [9.17, 15) is 13.2 Å². The summed E-state index contributed by atoms with van der Waals surface area (Å²) in [6.45, 7) is 6.36. The fourth-order valence-corrected chi connectivity index (χ4v) is 4.08. The fourth-order valence-electron chi connectivity index (χ4n) is 2.95. The second-order valence-electron chi connectivity index (χ2n) is 5.85. The molecular weight excluding hydrogens is 294 g/mol. The van der Waals surface area contributed by atoms with Gasteiger partial charge in [0.25, 0.3) is 0 Å². The molecule has 0 spiro atoms. The molecule has 7 nitrogen and oxygen atoms in total. The summed E-state index contributed by atoms with van der Waals surface area (Å²) in [7, 11) is -3.31. The molecule has 2 aliphatic rings. The van der Waals surface area contributed by atoms with Gasteiger partial charge in [0.1, 0.15) is 6.04 Å². The van der Waals surface area contributed by atoms with Crippen LogP contribution in [0.5, 0.6) is 0 Å². The van der Waals surface area contributed by atoms with Gasteiger partial charge in [-0.05, 0) is 19.8 Å². The third kappa shape index (κ3) is 4.64. The maximum absolute atomic E-state index is 12.3. The summed E-state index contributed by atoms with van der Waals surface area (Å²) in [6, 6.07) is -0.551. The van der Waals surface area contributed by atoms with Crippen LogP contribution in [0.25, 0.3) is 0 Å². The van der Waals surface area contributed by atoms with E-state index < -0.39 is 16.1 Å². The van der Waals surface area contributed by atoms with E-state index in [1.807, 2.05) is 6.92 Å². The molecule has 2 aliphatic heterocycles. The molecule has 122 valence electrons. The zero-order valence-electron chi connectivity index (χ0n) is 12.7. The summed E-state index contributed by atoms with van der Waals surface area (Å²) >= 11 is 0. The summed E-state index contributed by atoms with van der Waals surface area (Å²) in [6.07, 6.45) is 2.50. The summed E-state index contributed by atoms with van der Waals surface area (Å²) in [5.74, 6) is -0.182. The van der Waals surface area contributed by atoms with E-state index in [-0.39, 0.29) is 11.9 Å². The Morgan fingerprint density at radius 1 is 1.33 bits per heavy atom. The molecule has 21 heavy (non-hydrogen) atoms. The Hall–Kier alpha value is -0.700. The molecule has 0 aliphatic carbocycles. The van der Waals surface area contributed by atoms with Crippen molar-refractivity contribution < 1.29 is 17.9 Å². The molecule has 2 atom stereocenters. The van der Waals surface area contributed by atoms with Crippen LogP contribution in [0.2, 0.25) is 0 Å². The molecule has 0 bridgehead atoms. The van der Waals surface area contributed by atoms with E-state index in [1.54, 1.807) is 0 Å². The highest BCUT2D eigenvalue weighted by atomic mass is 32.2. The summed E-state index contributed by atoms with van der Waals surface area (Å²) in [5, 5.41) is 2.94. The normalized spacial score (nSPS) is 26.7. The fraction of sp³-hybridized carbons (Fsp3) is 0.923. The minimum atomic E-state index is -3.31. The molecule has 8 heteroatoms. The average Bonchev–Trinajstić information content (AvgIpc) is 2.88. The molecule has 0 unspecified atom stereocenters. The lowest BCUT2D eigenvalue weighted by atomic mass is 10.2. The van der Waals surface area contributed by atoms with Crippen molar-refractivity contribution in [3.63, 3.8) is 0 Å². The van der Waals surface area contributed by atoms with E-state index >= 15 is 0 Å². The number of morpholine rings is 1. The molecule has 0 aromatic heterocycles. The third-order valence-corrected chi connectivity index (χ3v) is 5.25. The first-order valence-corrected chi connectivity index (χ1v) is 9.30. The van der Waals surface area contributed by atoms with Gasteiger partial charge in [-0.3, -0.25) is 9.69 Å². The highest BCUT2D eigenvalue weighted by Gasteiger charge is 2.36. The van der Waals surface area contributed by atoms with Gasteiger partial charge in [-0.25, -0.2) is 8.42 Å². The second-order valence-corrected chi connectivity index (χ2v) is 7.79. The Morgan fingerprint density at radius 3 is 2.62 bits per heavy atom. The van der Waals surface area contributed by atoms with Gasteiger partial charge in [0.05, 0.1) is 19.5 Å². The Balaban J connectivity index is 1.85. The van der Waals surface area contributed by atoms with Crippen LogP contribution >= 0.6 is 0 Å². The van der Waals surface area contributed by atoms with Crippen LogP contribution in [-0.4, -0.2) is 81.3 Å². The standard InChI is InChI=1S/C13H25N3O4S/c1-11(10-15-6-8-20-9-7-15)14-13(17)12-4-3-5-16(12)21(2,18)19/h11-12H,3-10H2,1-2H3,(H,14,17)/t11-,12+/m1/s1. The molecule has 1 amide bonds. The van der Waals surface area contributed by atoms with Gasteiger partial charge in [0.15, 0.2) is 0 Å². The van der Waals surface area contributed by atoms with Crippen molar-refractivity contribution in [1.29, 1.82) is 0 Å². The van der Waals surface area contributed by atoms with E-state index in [2.05, 4.69) is 10.2 Å². The number of ether oxygens (including phenoxy) is 1. The number of hydrogen-bond donors (Lipinski definition) is 1. The van der Waals surface area contributed by atoms with Crippen molar-refractivity contribution >= 4 is 15.9 Å². The van der Waals surface area contributed by atoms with Crippen LogP contribution in [0, 0.1) is 0 Å². The molecule has 0 saturated carbocycles. The van der Waals surface area contributed by atoms with Gasteiger partial charge in [-0.1, -0.05) is 0 Å². The third-order valence-electron chi connectivity index (χ3n) is 3.96. The van der Waals surface area contributed by atoms with Gasteiger partial charge in [0.2, 0.25) is 15.9 Å². The van der Waals surface area contributed by atoms with Crippen LogP contribution in [-0.2, 0) is 19.6 Å². The molecule has 1 N–H and O–H groups in total. The lowest BCUT2D eigenvalue weighted by molar-refractivity contribution is -0.125. The summed E-state index contributed by atoms with van der Waals surface area (Å²) in [5.41, 5.74) is 0. The second kappa shape index (κ2) is 7.04. The lowest BCUT2D eigenvalue weighted by Crippen LogP contribution is -2.51. The first-order chi connectivity index (χ1) is 9.88. The van der Waals surface area contributed by atoms with Gasteiger partial charge >= 0.3 is 0 Å². The predicted molar refractivity (Wildman–Crippen MR) is 79.4 cm³/mol. The van der Waals surface area contributed by atoms with Crippen molar-refractivity contribution in [2.45, 2.75) is 31.8 Å². The van der Waals surface area contributed by atoms with Crippen LogP contribution < -0.4 is 5.32 Å². The van der Waals surface area contributed by atoms with Crippen molar-refractivity contribution in [2.24, 2.45) is 0 Å². The number of amides is 1. The highest BCUT2D eigenvalue weighted by Crippen LogP contribution is 2.20. The number of rotatable bonds is 5. The van der Waals surface area contributed by atoms with Crippen molar-refractivity contribution in [3.05, 3.63) is 0 Å². The first kappa shape index (κ1) is 16.7. The lowest BCUT2D eigenvalue weighted by Gasteiger charge is -2.30. The van der Waals surface area contributed by atoms with Crippen molar-refractivity contribution in [3.8, 4) is 0 Å². The molecule has 0 radical (unpaired) electrons. The Morgan fingerprint density at radius 2 is 2.00 bits per heavy atom. The molecule has 2 saturated heterocycles. The SMILES string of the molecule is C[C@H](CN1CCOCC1)NC(=O)[C@@H]1CCCN1S(C)(=O)=O. The van der Waals surface area contributed by atoms with Crippen molar-refractivity contribution in [1.82, 2.24) is 14.5 Å². The molecule has 0 aromatic carbocycles. The Labute approximate surface area is 126 Å². The van der Waals surface area contributed by atoms with Crippen molar-refractivity contribution in [2.75, 3.05) is 45.6 Å². The minimum absolute atomic E-state index is 0.00221. The molecule has 0 aromatic rings. The van der Waals surface area contributed by atoms with E-state index in [0.717, 1.165) is 45.5 Å². The van der Waals surface area contributed by atoms with Crippen LogP contribution in [0.3, 0.4) is 0 Å². The number of hydrogen-bond acceptors (Lipinski definition) is 5. The van der Waals surface area contributed by atoms with Gasteiger partial charge in [0, 0.05) is 32.2 Å². The topological polar surface area (TPSA) is 79.0 Å². The minimum Gasteiger partial charge on any atom is -0.379 e. The smallest absolute Gasteiger partial charge is 0.238 e. The zero-order valence-corrected chi connectivity index (χ0v) is 13.6. The molecular formula is C13H25N3O4S. The van der Waals surface area contributed by atoms with Gasteiger partial charge < -0.3 is 10.1 Å². The first-order valence-electron chi connectivity index (χ1n) is 7.45. The van der Waals surface area contributed by atoms with Crippen LogP contribution in [0.15, 0.2) is 0 Å². The molecule has 2 rings (SSSR count). The number of carbonyl (C=O) groups excluding carboxylic acids is 1. The average molecular weight is 319 g/mol. The van der Waals surface area contributed by atoms with Gasteiger partial charge in [-0.2, -0.15) is 4.31 Å². The number of sulfonamides is 1. The van der Waals surface area contributed by atoms with E-state index in [4.69, 9.17) is 4.74 Å². The number of nitrogens with one attached hydrogen (secondary N) is 1. The van der Waals surface area contributed by atoms with Crippen LogP contribution in [0.1, 0.15) is 19.8 Å². The van der Waals surface area contributed by atoms with E-state index in [0.29, 0.717) is 13.0 Å². The Kier molecular flexibility index (Phi) is 5.59. The number of carbonyl (C=O) groups is 1. The quantitative estimate of drug-likeness (QED) is 0.721. The summed E-state index contributed by atoms with van der Waals surface area (Å²) in [4.78, 5) is 14.5. The largest absolute Gasteiger partial charge is 0.379 e. The summed E-state index contributed by atoms with van der Waals surface area (Å²) < 4.78 is 30.0. The molecule has 2 fully saturated rings. The monoisotopic (exact) mass is 319 g/mol.